The maximum atomic E-state index is 12.9. The lowest BCUT2D eigenvalue weighted by molar-refractivity contribution is -0.0500. The first-order chi connectivity index (χ1) is 8.69. The summed E-state index contributed by atoms with van der Waals surface area (Å²) in [7, 11) is -5.74. The van der Waals surface area contributed by atoms with Gasteiger partial charge in [-0.2, -0.15) is 21.6 Å². The molecule has 0 bridgehead atoms. The molecule has 1 aromatic carbocycles. The fourth-order valence-corrected chi connectivity index (χ4v) is 1.76. The van der Waals surface area contributed by atoms with Crippen LogP contribution in [0.1, 0.15) is 0 Å². The Morgan fingerprint density at radius 3 is 2.47 bits per heavy atom. The van der Waals surface area contributed by atoms with E-state index in [0.29, 0.717) is 0 Å². The molecule has 0 radical (unpaired) electrons. The van der Waals surface area contributed by atoms with Crippen LogP contribution in [0.3, 0.4) is 0 Å². The Morgan fingerprint density at radius 2 is 1.84 bits per heavy atom. The van der Waals surface area contributed by atoms with Crippen molar-refractivity contribution in [2.45, 2.75) is 5.51 Å². The molecule has 2 rings (SSSR count). The van der Waals surface area contributed by atoms with E-state index >= 15 is 0 Å². The molecule has 0 aliphatic carbocycles. The van der Waals surface area contributed by atoms with Crippen molar-refractivity contribution in [1.29, 1.82) is 0 Å². The van der Waals surface area contributed by atoms with Gasteiger partial charge in [0, 0.05) is 5.39 Å². The molecular formula is C10H5F4NO3S. The van der Waals surface area contributed by atoms with Crippen molar-refractivity contribution in [3.8, 4) is 5.75 Å². The summed E-state index contributed by atoms with van der Waals surface area (Å²) >= 11 is 0. The molecule has 0 aliphatic heterocycles. The van der Waals surface area contributed by atoms with Crippen molar-refractivity contribution in [3.05, 3.63) is 36.3 Å². The molecule has 0 fully saturated rings. The third kappa shape index (κ3) is 2.75. The van der Waals surface area contributed by atoms with Gasteiger partial charge in [-0.1, -0.05) is 0 Å². The molecule has 1 aromatic heterocycles. The van der Waals surface area contributed by atoms with Gasteiger partial charge in [-0.3, -0.25) is 4.98 Å². The van der Waals surface area contributed by atoms with Crippen molar-refractivity contribution < 1.29 is 30.2 Å². The van der Waals surface area contributed by atoms with E-state index in [1.165, 1.54) is 6.07 Å². The second-order valence-electron chi connectivity index (χ2n) is 3.49. The summed E-state index contributed by atoms with van der Waals surface area (Å²) in [6.07, 6.45) is 0.926. The zero-order valence-corrected chi connectivity index (χ0v) is 9.80. The summed E-state index contributed by atoms with van der Waals surface area (Å²) in [6, 6.07) is 4.16. The minimum absolute atomic E-state index is 0.120. The summed E-state index contributed by atoms with van der Waals surface area (Å²) in [6.45, 7) is 0. The number of pyridine rings is 1. The highest BCUT2D eigenvalue weighted by atomic mass is 32.2. The molecule has 9 heteroatoms. The highest BCUT2D eigenvalue weighted by Gasteiger charge is 2.48. The van der Waals surface area contributed by atoms with Gasteiger partial charge in [0.15, 0.2) is 0 Å². The molecule has 0 saturated heterocycles. The fourth-order valence-electron chi connectivity index (χ4n) is 1.31. The Kier molecular flexibility index (Phi) is 3.09. The average molecular weight is 295 g/mol. The highest BCUT2D eigenvalue weighted by molar-refractivity contribution is 7.88. The summed E-state index contributed by atoms with van der Waals surface area (Å²) in [5.74, 6) is -1.28. The van der Waals surface area contributed by atoms with Gasteiger partial charge in [-0.15, -0.1) is 0 Å². The van der Waals surface area contributed by atoms with Crippen molar-refractivity contribution in [2.75, 3.05) is 0 Å². The van der Waals surface area contributed by atoms with Crippen LogP contribution in [0.2, 0.25) is 0 Å². The van der Waals surface area contributed by atoms with Gasteiger partial charge in [0.25, 0.3) is 0 Å². The molecule has 0 N–H and O–H groups in total. The monoisotopic (exact) mass is 295 g/mol. The Labute approximate surface area is 104 Å². The Hall–Kier alpha value is -1.90. The lowest BCUT2D eigenvalue weighted by Crippen LogP contribution is -2.28. The lowest BCUT2D eigenvalue weighted by atomic mass is 10.2. The molecule has 0 amide bonds. The van der Waals surface area contributed by atoms with Gasteiger partial charge in [-0.05, 0) is 24.3 Å². The third-order valence-electron chi connectivity index (χ3n) is 2.11. The maximum Gasteiger partial charge on any atom is 0.534 e. The number of benzene rings is 1. The normalized spacial score (nSPS) is 12.6. The fraction of sp³-hybridized carbons (Fsp3) is 0.100. The number of fused-ring (bicyclic) bond motifs is 1. The topological polar surface area (TPSA) is 56.3 Å². The van der Waals surface area contributed by atoms with Crippen LogP contribution < -0.4 is 4.18 Å². The first-order valence-electron chi connectivity index (χ1n) is 4.75. The van der Waals surface area contributed by atoms with Crippen LogP contribution in [0.5, 0.6) is 5.75 Å². The van der Waals surface area contributed by atoms with Gasteiger partial charge in [-0.25, -0.2) is 4.39 Å². The van der Waals surface area contributed by atoms with E-state index in [0.717, 1.165) is 24.4 Å². The van der Waals surface area contributed by atoms with E-state index < -0.39 is 27.2 Å². The van der Waals surface area contributed by atoms with Crippen molar-refractivity contribution in [2.24, 2.45) is 0 Å². The zero-order chi connectivity index (χ0) is 14.3. The highest BCUT2D eigenvalue weighted by Crippen LogP contribution is 2.28. The Bertz CT molecular complexity index is 727. The Morgan fingerprint density at radius 1 is 1.16 bits per heavy atom. The van der Waals surface area contributed by atoms with Crippen LogP contribution in [-0.2, 0) is 10.1 Å². The van der Waals surface area contributed by atoms with Crippen LogP contribution in [-0.4, -0.2) is 18.9 Å². The van der Waals surface area contributed by atoms with Gasteiger partial charge in [0.1, 0.15) is 11.6 Å². The molecule has 0 unspecified atom stereocenters. The molecular weight excluding hydrogens is 290 g/mol. The SMILES string of the molecule is O=S(=O)(Oc1ccc2ncc(F)cc2c1)C(F)(F)F. The number of alkyl halides is 3. The molecule has 1 heterocycles. The van der Waals surface area contributed by atoms with E-state index in [1.54, 1.807) is 0 Å². The van der Waals surface area contributed by atoms with Gasteiger partial charge >= 0.3 is 15.6 Å². The van der Waals surface area contributed by atoms with Crippen molar-refractivity contribution in [1.82, 2.24) is 4.98 Å². The minimum Gasteiger partial charge on any atom is -0.376 e. The molecule has 0 saturated carbocycles. The predicted octanol–water partition coefficient (Wildman–Crippen LogP) is 2.60. The zero-order valence-electron chi connectivity index (χ0n) is 8.98. The summed E-state index contributed by atoms with van der Waals surface area (Å²) < 4.78 is 74.7. The molecule has 0 atom stereocenters. The summed E-state index contributed by atoms with van der Waals surface area (Å²) in [5.41, 5.74) is -5.24. The standard InChI is InChI=1S/C10H5F4NO3S/c11-7-3-6-4-8(1-2-9(6)15-5-7)18-19(16,17)10(12,13)14/h1-5H. The van der Waals surface area contributed by atoms with E-state index in [4.69, 9.17) is 0 Å². The van der Waals surface area contributed by atoms with Gasteiger partial charge in [0.05, 0.1) is 11.7 Å². The van der Waals surface area contributed by atoms with Gasteiger partial charge < -0.3 is 4.18 Å². The van der Waals surface area contributed by atoms with E-state index in [2.05, 4.69) is 9.17 Å². The maximum absolute atomic E-state index is 12.9. The molecule has 19 heavy (non-hydrogen) atoms. The molecule has 0 spiro atoms. The van der Waals surface area contributed by atoms with E-state index in [1.807, 2.05) is 0 Å². The lowest BCUT2D eigenvalue weighted by Gasteiger charge is -2.09. The van der Waals surface area contributed by atoms with Crippen LogP contribution in [0.4, 0.5) is 17.6 Å². The van der Waals surface area contributed by atoms with Crippen LogP contribution in [0, 0.1) is 5.82 Å². The van der Waals surface area contributed by atoms with Crippen LogP contribution in [0.25, 0.3) is 10.9 Å². The van der Waals surface area contributed by atoms with Crippen LogP contribution >= 0.6 is 0 Å². The quantitative estimate of drug-likeness (QED) is 0.485. The summed E-state index contributed by atoms with van der Waals surface area (Å²) in [5, 5.41) is 0.120. The first-order valence-corrected chi connectivity index (χ1v) is 6.16. The second kappa shape index (κ2) is 4.34. The van der Waals surface area contributed by atoms with Crippen molar-refractivity contribution in [3.63, 3.8) is 0 Å². The van der Waals surface area contributed by atoms with Gasteiger partial charge in [0.2, 0.25) is 0 Å². The van der Waals surface area contributed by atoms with Crippen LogP contribution in [0.15, 0.2) is 30.5 Å². The largest absolute Gasteiger partial charge is 0.534 e. The minimum atomic E-state index is -5.74. The second-order valence-corrected chi connectivity index (χ2v) is 5.03. The molecule has 102 valence electrons. The number of rotatable bonds is 2. The van der Waals surface area contributed by atoms with Crippen molar-refractivity contribution >= 4 is 21.0 Å². The first kappa shape index (κ1) is 13.5. The average Bonchev–Trinajstić information content (AvgIpc) is 2.26. The van der Waals surface area contributed by atoms with E-state index in [-0.39, 0.29) is 10.9 Å². The number of nitrogens with zero attached hydrogens (tertiary/aromatic N) is 1. The molecule has 2 aromatic rings. The third-order valence-corrected chi connectivity index (χ3v) is 3.09. The number of halogens is 4. The van der Waals surface area contributed by atoms with E-state index in [9.17, 15) is 26.0 Å². The molecule has 0 aliphatic rings. The molecule has 4 nitrogen and oxygen atoms in total. The number of hydrogen-bond donors (Lipinski definition) is 0. The summed E-state index contributed by atoms with van der Waals surface area (Å²) in [4.78, 5) is 3.66. The Balaban J connectivity index is 2.42. The smallest absolute Gasteiger partial charge is 0.376 e. The number of hydrogen-bond acceptors (Lipinski definition) is 4. The number of aromatic nitrogens is 1. The predicted molar refractivity (Wildman–Crippen MR) is 57.3 cm³/mol.